The Labute approximate surface area is 158 Å². The summed E-state index contributed by atoms with van der Waals surface area (Å²) in [5.41, 5.74) is 0.970. The van der Waals surface area contributed by atoms with E-state index in [1.54, 1.807) is 7.11 Å². The van der Waals surface area contributed by atoms with Gasteiger partial charge in [-0.3, -0.25) is 4.79 Å². The number of likely N-dealkylation sites (tertiary alicyclic amines) is 1. The van der Waals surface area contributed by atoms with E-state index in [-0.39, 0.29) is 5.91 Å². The molecule has 2 heterocycles. The molecule has 1 amide bonds. The molecular weight excluding hydrogens is 348 g/mol. The first-order valence-corrected chi connectivity index (χ1v) is 9.91. The van der Waals surface area contributed by atoms with Gasteiger partial charge in [0.05, 0.1) is 12.9 Å². The van der Waals surface area contributed by atoms with Crippen LogP contribution in [0.5, 0.6) is 5.75 Å². The van der Waals surface area contributed by atoms with E-state index >= 15 is 0 Å². The second-order valence-electron chi connectivity index (χ2n) is 7.13. The highest BCUT2D eigenvalue weighted by atomic mass is 32.2. The highest BCUT2D eigenvalue weighted by molar-refractivity contribution is 7.99. The minimum absolute atomic E-state index is 0.183. The van der Waals surface area contributed by atoms with Gasteiger partial charge in [0.15, 0.2) is 11.0 Å². The van der Waals surface area contributed by atoms with Gasteiger partial charge < -0.3 is 14.2 Å². The molecule has 26 heavy (non-hydrogen) atoms. The van der Waals surface area contributed by atoms with Crippen molar-refractivity contribution < 1.29 is 9.53 Å². The van der Waals surface area contributed by atoms with Crippen LogP contribution in [-0.2, 0) is 11.8 Å². The summed E-state index contributed by atoms with van der Waals surface area (Å²) in [5.74, 6) is 3.31. The lowest BCUT2D eigenvalue weighted by molar-refractivity contribution is -0.130. The van der Waals surface area contributed by atoms with Crippen molar-refractivity contribution in [3.63, 3.8) is 0 Å². The molecular formula is C19H26N4O2S. The average Bonchev–Trinajstić information content (AvgIpc) is 2.99. The van der Waals surface area contributed by atoms with E-state index in [9.17, 15) is 4.79 Å². The number of carbonyl (C=O) groups excluding carboxylic acids is 1. The molecule has 2 aromatic rings. The van der Waals surface area contributed by atoms with Crippen LogP contribution in [0.1, 0.15) is 20.3 Å². The standard InChI is InChI=1S/C19H26N4O2S/c1-13-9-14(2)11-23(10-13)17(24)12-26-19-21-20-18(22(19)3)15-5-7-16(25-4)8-6-15/h5-8,13-14H,9-12H2,1-4H3. The Hall–Kier alpha value is -2.02. The van der Waals surface area contributed by atoms with Gasteiger partial charge in [0, 0.05) is 25.7 Å². The zero-order valence-electron chi connectivity index (χ0n) is 15.8. The van der Waals surface area contributed by atoms with E-state index in [0.717, 1.165) is 35.4 Å². The number of nitrogens with zero attached hydrogens (tertiary/aromatic N) is 4. The van der Waals surface area contributed by atoms with Gasteiger partial charge in [-0.1, -0.05) is 25.6 Å². The number of amides is 1. The number of thioether (sulfide) groups is 1. The van der Waals surface area contributed by atoms with E-state index in [1.165, 1.54) is 18.2 Å². The molecule has 2 unspecified atom stereocenters. The minimum atomic E-state index is 0.183. The van der Waals surface area contributed by atoms with Gasteiger partial charge in [-0.15, -0.1) is 10.2 Å². The van der Waals surface area contributed by atoms with Crippen LogP contribution >= 0.6 is 11.8 Å². The third-order valence-electron chi connectivity index (χ3n) is 4.73. The highest BCUT2D eigenvalue weighted by Crippen LogP contribution is 2.26. The van der Waals surface area contributed by atoms with Gasteiger partial charge >= 0.3 is 0 Å². The monoisotopic (exact) mass is 374 g/mol. The SMILES string of the molecule is COc1ccc(-c2nnc(SCC(=O)N3CC(C)CC(C)C3)n2C)cc1. The van der Waals surface area contributed by atoms with Crippen molar-refractivity contribution in [2.45, 2.75) is 25.4 Å². The van der Waals surface area contributed by atoms with E-state index in [4.69, 9.17) is 4.74 Å². The lowest BCUT2D eigenvalue weighted by atomic mass is 9.92. The van der Waals surface area contributed by atoms with Crippen LogP contribution in [0.15, 0.2) is 29.4 Å². The van der Waals surface area contributed by atoms with Crippen molar-refractivity contribution in [1.29, 1.82) is 0 Å². The van der Waals surface area contributed by atoms with Crippen molar-refractivity contribution in [2.75, 3.05) is 26.0 Å². The van der Waals surface area contributed by atoms with Gasteiger partial charge in [0.1, 0.15) is 5.75 Å². The molecule has 3 rings (SSSR count). The lowest BCUT2D eigenvalue weighted by Crippen LogP contribution is -2.43. The van der Waals surface area contributed by atoms with Crippen LogP contribution in [0, 0.1) is 11.8 Å². The quantitative estimate of drug-likeness (QED) is 0.753. The molecule has 1 aromatic carbocycles. The predicted octanol–water partition coefficient (Wildman–Crippen LogP) is 3.09. The molecule has 1 aromatic heterocycles. The summed E-state index contributed by atoms with van der Waals surface area (Å²) < 4.78 is 7.12. The van der Waals surface area contributed by atoms with Gasteiger partial charge in [-0.25, -0.2) is 0 Å². The van der Waals surface area contributed by atoms with E-state index in [2.05, 4.69) is 24.0 Å². The van der Waals surface area contributed by atoms with Gasteiger partial charge in [-0.2, -0.15) is 0 Å². The van der Waals surface area contributed by atoms with Crippen LogP contribution in [0.2, 0.25) is 0 Å². The van der Waals surface area contributed by atoms with Crippen LogP contribution in [0.3, 0.4) is 0 Å². The van der Waals surface area contributed by atoms with Crippen LogP contribution < -0.4 is 4.74 Å². The van der Waals surface area contributed by atoms with Crippen LogP contribution in [0.25, 0.3) is 11.4 Å². The second-order valence-corrected chi connectivity index (χ2v) is 8.07. The summed E-state index contributed by atoms with van der Waals surface area (Å²) in [6, 6.07) is 7.72. The zero-order chi connectivity index (χ0) is 18.7. The maximum Gasteiger partial charge on any atom is 0.233 e. The summed E-state index contributed by atoms with van der Waals surface area (Å²) in [7, 11) is 3.57. The first-order valence-electron chi connectivity index (χ1n) is 8.92. The lowest BCUT2D eigenvalue weighted by Gasteiger charge is -2.34. The largest absolute Gasteiger partial charge is 0.497 e. The molecule has 0 saturated carbocycles. The summed E-state index contributed by atoms with van der Waals surface area (Å²) in [6.07, 6.45) is 1.20. The summed E-state index contributed by atoms with van der Waals surface area (Å²) in [4.78, 5) is 14.5. The minimum Gasteiger partial charge on any atom is -0.497 e. The highest BCUT2D eigenvalue weighted by Gasteiger charge is 2.25. The third-order valence-corrected chi connectivity index (χ3v) is 5.73. The number of benzene rings is 1. The summed E-state index contributed by atoms with van der Waals surface area (Å²) >= 11 is 1.45. The molecule has 0 bridgehead atoms. The number of carbonyl (C=O) groups is 1. The van der Waals surface area contributed by atoms with Crippen LogP contribution in [-0.4, -0.2) is 51.5 Å². The topological polar surface area (TPSA) is 60.3 Å². The van der Waals surface area contributed by atoms with Gasteiger partial charge in [0.2, 0.25) is 5.91 Å². The number of hydrogen-bond donors (Lipinski definition) is 0. The van der Waals surface area contributed by atoms with E-state index in [1.807, 2.05) is 40.8 Å². The fraction of sp³-hybridized carbons (Fsp3) is 0.526. The molecule has 0 spiro atoms. The Morgan fingerprint density at radius 1 is 1.19 bits per heavy atom. The smallest absolute Gasteiger partial charge is 0.233 e. The predicted molar refractivity (Wildman–Crippen MR) is 103 cm³/mol. The molecule has 2 atom stereocenters. The number of methoxy groups -OCH3 is 1. The molecule has 0 aliphatic carbocycles. The molecule has 7 heteroatoms. The molecule has 0 radical (unpaired) electrons. The molecule has 1 aliphatic heterocycles. The Morgan fingerprint density at radius 3 is 2.46 bits per heavy atom. The first kappa shape index (κ1) is 18.8. The van der Waals surface area contributed by atoms with Crippen molar-refractivity contribution in [3.05, 3.63) is 24.3 Å². The average molecular weight is 375 g/mol. The fourth-order valence-electron chi connectivity index (χ4n) is 3.52. The first-order chi connectivity index (χ1) is 12.5. The van der Waals surface area contributed by atoms with E-state index < -0.39 is 0 Å². The number of aromatic nitrogens is 3. The molecule has 6 nitrogen and oxygen atoms in total. The Balaban J connectivity index is 1.63. The fourth-order valence-corrected chi connectivity index (χ4v) is 4.33. The summed E-state index contributed by atoms with van der Waals surface area (Å²) in [6.45, 7) is 6.15. The number of piperidine rings is 1. The maximum atomic E-state index is 12.6. The number of ether oxygens (including phenoxy) is 1. The van der Waals surface area contributed by atoms with Gasteiger partial charge in [0.25, 0.3) is 0 Å². The van der Waals surface area contributed by atoms with E-state index in [0.29, 0.717) is 17.6 Å². The van der Waals surface area contributed by atoms with Crippen LogP contribution in [0.4, 0.5) is 0 Å². The van der Waals surface area contributed by atoms with Crippen molar-refractivity contribution in [3.8, 4) is 17.1 Å². The number of rotatable bonds is 5. The Bertz CT molecular complexity index is 749. The molecule has 0 N–H and O–H groups in total. The summed E-state index contributed by atoms with van der Waals surface area (Å²) in [5, 5.41) is 9.29. The van der Waals surface area contributed by atoms with Gasteiger partial charge in [-0.05, 0) is 42.5 Å². The van der Waals surface area contributed by atoms with Crippen molar-refractivity contribution >= 4 is 17.7 Å². The Morgan fingerprint density at radius 2 is 1.85 bits per heavy atom. The molecule has 1 aliphatic rings. The van der Waals surface area contributed by atoms with Crippen molar-refractivity contribution in [1.82, 2.24) is 19.7 Å². The van der Waals surface area contributed by atoms with Crippen molar-refractivity contribution in [2.24, 2.45) is 18.9 Å². The normalized spacial score (nSPS) is 20.2. The zero-order valence-corrected chi connectivity index (χ0v) is 16.6. The molecule has 1 saturated heterocycles. The second kappa shape index (κ2) is 8.12. The maximum absolute atomic E-state index is 12.6. The molecule has 1 fully saturated rings. The Kier molecular flexibility index (Phi) is 5.86. The third kappa shape index (κ3) is 4.20. The number of hydrogen-bond acceptors (Lipinski definition) is 5. The molecule has 140 valence electrons.